The lowest BCUT2D eigenvalue weighted by molar-refractivity contribution is 0.282. The van der Waals surface area contributed by atoms with Gasteiger partial charge in [-0.2, -0.15) is 5.10 Å². The number of rotatable bonds is 3. The molecule has 2 aromatic rings. The molecule has 1 N–H and O–H groups in total. The second kappa shape index (κ2) is 4.45. The van der Waals surface area contributed by atoms with Crippen LogP contribution in [0.1, 0.15) is 25.5 Å². The number of aliphatic hydroxyl groups is 1. The van der Waals surface area contributed by atoms with E-state index in [4.69, 9.17) is 0 Å². The number of aliphatic hydroxyl groups excluding tert-OH is 1. The van der Waals surface area contributed by atoms with Crippen molar-refractivity contribution in [2.75, 3.05) is 0 Å². The highest BCUT2D eigenvalue weighted by Gasteiger charge is 2.12. The molecular formula is C12H15N3O. The maximum Gasteiger partial charge on any atom is 0.0938 e. The zero-order chi connectivity index (χ0) is 11.5. The number of aromatic nitrogens is 3. The van der Waals surface area contributed by atoms with E-state index in [1.165, 1.54) is 0 Å². The van der Waals surface area contributed by atoms with Crippen molar-refractivity contribution in [3.63, 3.8) is 0 Å². The van der Waals surface area contributed by atoms with E-state index in [-0.39, 0.29) is 12.6 Å². The lowest BCUT2D eigenvalue weighted by atomic mass is 10.1. The van der Waals surface area contributed by atoms with Crippen molar-refractivity contribution >= 4 is 0 Å². The molecule has 0 aliphatic heterocycles. The lowest BCUT2D eigenvalue weighted by Crippen LogP contribution is -2.06. The third-order valence-electron chi connectivity index (χ3n) is 2.46. The molecular weight excluding hydrogens is 202 g/mol. The average molecular weight is 217 g/mol. The Morgan fingerprint density at radius 2 is 2.12 bits per heavy atom. The molecule has 16 heavy (non-hydrogen) atoms. The van der Waals surface area contributed by atoms with Crippen LogP contribution in [0.25, 0.3) is 11.4 Å². The van der Waals surface area contributed by atoms with Crippen LogP contribution in [0.3, 0.4) is 0 Å². The number of hydrogen-bond donors (Lipinski definition) is 1. The van der Waals surface area contributed by atoms with Crippen LogP contribution in [-0.4, -0.2) is 19.9 Å². The molecule has 84 valence electrons. The molecule has 4 nitrogen and oxygen atoms in total. The first-order valence-corrected chi connectivity index (χ1v) is 5.32. The van der Waals surface area contributed by atoms with Crippen LogP contribution in [0.15, 0.2) is 30.6 Å². The van der Waals surface area contributed by atoms with Crippen LogP contribution in [0.5, 0.6) is 0 Å². The lowest BCUT2D eigenvalue weighted by Gasteiger charge is -2.12. The van der Waals surface area contributed by atoms with Crippen LogP contribution in [0, 0.1) is 0 Å². The van der Waals surface area contributed by atoms with Gasteiger partial charge in [0, 0.05) is 24.0 Å². The Morgan fingerprint density at radius 1 is 1.31 bits per heavy atom. The maximum absolute atomic E-state index is 9.28. The Hall–Kier alpha value is -1.68. The minimum absolute atomic E-state index is 0.00749. The normalized spacial score (nSPS) is 11.0. The van der Waals surface area contributed by atoms with Crippen molar-refractivity contribution < 1.29 is 5.11 Å². The van der Waals surface area contributed by atoms with Gasteiger partial charge in [-0.05, 0) is 26.0 Å². The molecule has 0 spiro atoms. The molecule has 0 aliphatic rings. The second-order valence-electron chi connectivity index (χ2n) is 3.92. The van der Waals surface area contributed by atoms with E-state index in [1.807, 2.05) is 22.9 Å². The first kappa shape index (κ1) is 10.8. The molecule has 4 heteroatoms. The minimum atomic E-state index is -0.00749. The molecule has 2 heterocycles. The summed E-state index contributed by atoms with van der Waals surface area (Å²) in [5.74, 6) is 0. The second-order valence-corrected chi connectivity index (χ2v) is 3.92. The van der Waals surface area contributed by atoms with Crippen LogP contribution >= 0.6 is 0 Å². The van der Waals surface area contributed by atoms with Gasteiger partial charge in [-0.15, -0.1) is 0 Å². The fraction of sp³-hybridized carbons (Fsp3) is 0.333. The number of nitrogens with zero attached hydrogens (tertiary/aromatic N) is 3. The fourth-order valence-corrected chi connectivity index (χ4v) is 1.71. The van der Waals surface area contributed by atoms with Crippen LogP contribution in [-0.2, 0) is 6.61 Å². The largest absolute Gasteiger partial charge is 0.392 e. The van der Waals surface area contributed by atoms with Gasteiger partial charge in [0.25, 0.3) is 0 Å². The molecule has 0 aromatic carbocycles. The molecule has 0 amide bonds. The van der Waals surface area contributed by atoms with Crippen molar-refractivity contribution in [2.45, 2.75) is 26.5 Å². The highest BCUT2D eigenvalue weighted by atomic mass is 16.3. The zero-order valence-electron chi connectivity index (χ0n) is 9.46. The number of pyridine rings is 1. The molecule has 0 bridgehead atoms. The molecule has 0 unspecified atom stereocenters. The van der Waals surface area contributed by atoms with Gasteiger partial charge in [0.05, 0.1) is 18.0 Å². The van der Waals surface area contributed by atoms with E-state index in [0.717, 1.165) is 17.0 Å². The Morgan fingerprint density at radius 3 is 2.81 bits per heavy atom. The van der Waals surface area contributed by atoms with E-state index < -0.39 is 0 Å². The van der Waals surface area contributed by atoms with E-state index in [9.17, 15) is 5.11 Å². The summed E-state index contributed by atoms with van der Waals surface area (Å²) in [6.07, 6.45) is 3.48. The van der Waals surface area contributed by atoms with Gasteiger partial charge in [-0.1, -0.05) is 6.07 Å². The van der Waals surface area contributed by atoms with E-state index >= 15 is 0 Å². The highest BCUT2D eigenvalue weighted by molar-refractivity contribution is 5.58. The van der Waals surface area contributed by atoms with Gasteiger partial charge in [0.15, 0.2) is 0 Å². The van der Waals surface area contributed by atoms with Crippen LogP contribution in [0.4, 0.5) is 0 Å². The Bertz CT molecular complexity index is 477. The summed E-state index contributed by atoms with van der Waals surface area (Å²) < 4.78 is 1.90. The molecule has 0 fully saturated rings. The summed E-state index contributed by atoms with van der Waals surface area (Å²) in [6, 6.07) is 5.89. The van der Waals surface area contributed by atoms with Crippen molar-refractivity contribution in [3.05, 3.63) is 36.2 Å². The summed E-state index contributed by atoms with van der Waals surface area (Å²) in [5, 5.41) is 13.5. The van der Waals surface area contributed by atoms with E-state index in [0.29, 0.717) is 0 Å². The third kappa shape index (κ3) is 1.84. The van der Waals surface area contributed by atoms with Gasteiger partial charge in [0.1, 0.15) is 0 Å². The quantitative estimate of drug-likeness (QED) is 0.855. The Labute approximate surface area is 94.6 Å². The maximum atomic E-state index is 9.28. The molecule has 0 aliphatic carbocycles. The average Bonchev–Trinajstić information content (AvgIpc) is 2.77. The van der Waals surface area contributed by atoms with Crippen molar-refractivity contribution in [1.29, 1.82) is 0 Å². The van der Waals surface area contributed by atoms with Gasteiger partial charge >= 0.3 is 0 Å². The highest BCUT2D eigenvalue weighted by Crippen LogP contribution is 2.23. The summed E-state index contributed by atoms with van der Waals surface area (Å²) >= 11 is 0. The van der Waals surface area contributed by atoms with Crippen molar-refractivity contribution in [1.82, 2.24) is 14.8 Å². The summed E-state index contributed by atoms with van der Waals surface area (Å²) in [5.41, 5.74) is 2.57. The zero-order valence-corrected chi connectivity index (χ0v) is 9.46. The van der Waals surface area contributed by atoms with Gasteiger partial charge in [-0.3, -0.25) is 9.67 Å². The Balaban J connectivity index is 2.54. The Kier molecular flexibility index (Phi) is 3.01. The SMILES string of the molecule is CC(C)n1nccc1-c1ncccc1CO. The van der Waals surface area contributed by atoms with E-state index in [1.54, 1.807) is 12.4 Å². The van der Waals surface area contributed by atoms with Gasteiger partial charge < -0.3 is 5.11 Å². The first-order chi connectivity index (χ1) is 7.74. The van der Waals surface area contributed by atoms with E-state index in [2.05, 4.69) is 23.9 Å². The molecule has 0 atom stereocenters. The van der Waals surface area contributed by atoms with Crippen LogP contribution < -0.4 is 0 Å². The van der Waals surface area contributed by atoms with Gasteiger partial charge in [0.2, 0.25) is 0 Å². The fourth-order valence-electron chi connectivity index (χ4n) is 1.71. The summed E-state index contributed by atoms with van der Waals surface area (Å²) in [6.45, 7) is 4.13. The molecule has 0 saturated heterocycles. The molecule has 2 aromatic heterocycles. The molecule has 0 radical (unpaired) electrons. The van der Waals surface area contributed by atoms with Crippen molar-refractivity contribution in [3.8, 4) is 11.4 Å². The van der Waals surface area contributed by atoms with Crippen molar-refractivity contribution in [2.24, 2.45) is 0 Å². The monoisotopic (exact) mass is 217 g/mol. The van der Waals surface area contributed by atoms with Crippen LogP contribution in [0.2, 0.25) is 0 Å². The predicted octanol–water partition coefficient (Wildman–Crippen LogP) is 2.02. The molecule has 0 saturated carbocycles. The summed E-state index contributed by atoms with van der Waals surface area (Å²) in [4.78, 5) is 4.31. The number of hydrogen-bond acceptors (Lipinski definition) is 3. The standard InChI is InChI=1S/C12H15N3O/c1-9(2)15-11(5-7-14-15)12-10(8-16)4-3-6-13-12/h3-7,9,16H,8H2,1-2H3. The first-order valence-electron chi connectivity index (χ1n) is 5.32. The third-order valence-corrected chi connectivity index (χ3v) is 2.46. The topological polar surface area (TPSA) is 50.9 Å². The summed E-state index contributed by atoms with van der Waals surface area (Å²) in [7, 11) is 0. The minimum Gasteiger partial charge on any atom is -0.392 e. The predicted molar refractivity (Wildman–Crippen MR) is 61.8 cm³/mol. The van der Waals surface area contributed by atoms with Gasteiger partial charge in [-0.25, -0.2) is 0 Å². The molecule has 2 rings (SSSR count). The smallest absolute Gasteiger partial charge is 0.0938 e.